The lowest BCUT2D eigenvalue weighted by molar-refractivity contribution is -0.116. The molecule has 1 fully saturated rings. The van der Waals surface area contributed by atoms with Gasteiger partial charge >= 0.3 is 0 Å². The van der Waals surface area contributed by atoms with Crippen molar-refractivity contribution in [3.8, 4) is 17.2 Å². The van der Waals surface area contributed by atoms with E-state index < -0.39 is 0 Å². The summed E-state index contributed by atoms with van der Waals surface area (Å²) in [6.45, 7) is 4.28. The number of aromatic nitrogens is 4. The molecule has 170 valence electrons. The molecule has 1 amide bonds. The van der Waals surface area contributed by atoms with E-state index >= 15 is 0 Å². The first-order chi connectivity index (χ1) is 16.1. The fourth-order valence-corrected chi connectivity index (χ4v) is 5.80. The maximum Gasteiger partial charge on any atom is 0.237 e. The van der Waals surface area contributed by atoms with Crippen molar-refractivity contribution in [2.24, 2.45) is 0 Å². The predicted octanol–water partition coefficient (Wildman–Crippen LogP) is 2.63. The number of fused-ring (bicyclic) bond motifs is 4. The van der Waals surface area contributed by atoms with E-state index in [-0.39, 0.29) is 24.5 Å². The number of anilines is 1. The lowest BCUT2D eigenvalue weighted by Crippen LogP contribution is -2.47. The number of benzene rings is 2. The van der Waals surface area contributed by atoms with Gasteiger partial charge in [0, 0.05) is 30.3 Å². The van der Waals surface area contributed by atoms with Gasteiger partial charge in [0.15, 0.2) is 11.5 Å². The van der Waals surface area contributed by atoms with Gasteiger partial charge in [0.1, 0.15) is 0 Å². The molecular formula is C23H24N6O3S. The van der Waals surface area contributed by atoms with Crippen LogP contribution in [0.15, 0.2) is 41.6 Å². The van der Waals surface area contributed by atoms with Crippen LogP contribution in [0, 0.1) is 6.92 Å². The third kappa shape index (κ3) is 3.53. The number of tetrazole rings is 1. The Kier molecular flexibility index (Phi) is 4.99. The smallest absolute Gasteiger partial charge is 0.237 e. The van der Waals surface area contributed by atoms with Crippen molar-refractivity contribution in [3.63, 3.8) is 0 Å². The summed E-state index contributed by atoms with van der Waals surface area (Å²) in [5.41, 5.74) is 4.32. The van der Waals surface area contributed by atoms with Gasteiger partial charge in [0.25, 0.3) is 0 Å². The molecule has 2 aromatic carbocycles. The number of hydrogen-bond donors (Lipinski definition) is 0. The van der Waals surface area contributed by atoms with Crippen molar-refractivity contribution in [1.29, 1.82) is 0 Å². The van der Waals surface area contributed by atoms with E-state index in [4.69, 9.17) is 9.47 Å². The first-order valence-corrected chi connectivity index (χ1v) is 12.0. The molecule has 0 bridgehead atoms. The summed E-state index contributed by atoms with van der Waals surface area (Å²) in [6, 6.07) is 12.2. The van der Waals surface area contributed by atoms with Gasteiger partial charge in [-0.2, -0.15) is 4.68 Å². The quantitative estimate of drug-likeness (QED) is 0.545. The zero-order chi connectivity index (χ0) is 22.5. The Morgan fingerprint density at radius 2 is 2.06 bits per heavy atom. The van der Waals surface area contributed by atoms with Crippen molar-refractivity contribution < 1.29 is 14.3 Å². The van der Waals surface area contributed by atoms with E-state index in [1.165, 1.54) is 22.9 Å². The van der Waals surface area contributed by atoms with Crippen LogP contribution in [0.2, 0.25) is 0 Å². The second-order valence-corrected chi connectivity index (χ2v) is 9.69. The van der Waals surface area contributed by atoms with Gasteiger partial charge in [-0.25, -0.2) is 0 Å². The lowest BCUT2D eigenvalue weighted by Gasteiger charge is -2.36. The molecule has 3 aliphatic heterocycles. The molecule has 1 saturated heterocycles. The molecule has 0 radical (unpaired) electrons. The van der Waals surface area contributed by atoms with Crippen LogP contribution in [-0.2, 0) is 4.79 Å². The highest BCUT2D eigenvalue weighted by molar-refractivity contribution is 7.99. The largest absolute Gasteiger partial charge is 0.454 e. The lowest BCUT2D eigenvalue weighted by atomic mass is 9.89. The maximum atomic E-state index is 13.5. The summed E-state index contributed by atoms with van der Waals surface area (Å²) in [4.78, 5) is 17.9. The molecule has 0 N–H and O–H groups in total. The highest BCUT2D eigenvalue weighted by atomic mass is 32.2. The Morgan fingerprint density at radius 3 is 2.97 bits per heavy atom. The van der Waals surface area contributed by atoms with Gasteiger partial charge in [0.05, 0.1) is 11.4 Å². The van der Waals surface area contributed by atoms with E-state index in [9.17, 15) is 4.79 Å². The van der Waals surface area contributed by atoms with E-state index in [0.717, 1.165) is 30.9 Å². The topological polar surface area (TPSA) is 85.6 Å². The standard InChI is InChI=1S/C23H24N6O3S/c1-14-3-5-18-16(9-14)17-11-27(2)8-7-19(17)28(18)22(30)12-33-23-24-25-26-29(23)15-4-6-20-21(10-15)32-13-31-20/h3-6,9-10,17,19H,7-8,11-13H2,1-2H3/t17-,19+/m0/s1. The predicted molar refractivity (Wildman–Crippen MR) is 123 cm³/mol. The summed E-state index contributed by atoms with van der Waals surface area (Å²) in [5, 5.41) is 12.6. The number of ether oxygens (including phenoxy) is 2. The molecule has 0 saturated carbocycles. The Bertz CT molecular complexity index is 1230. The molecule has 0 aliphatic carbocycles. The summed E-state index contributed by atoms with van der Waals surface area (Å²) >= 11 is 1.35. The number of piperidine rings is 1. The van der Waals surface area contributed by atoms with E-state index in [0.29, 0.717) is 22.6 Å². The van der Waals surface area contributed by atoms with Gasteiger partial charge in [0.2, 0.25) is 17.9 Å². The number of amides is 1. The van der Waals surface area contributed by atoms with Gasteiger partial charge in [-0.05, 0) is 61.1 Å². The normalized spacial score (nSPS) is 21.2. The average molecular weight is 465 g/mol. The molecule has 1 aromatic heterocycles. The molecule has 2 atom stereocenters. The first kappa shape index (κ1) is 20.5. The zero-order valence-electron chi connectivity index (χ0n) is 18.5. The fourth-order valence-electron chi connectivity index (χ4n) is 5.05. The Balaban J connectivity index is 1.23. The van der Waals surface area contributed by atoms with Crippen LogP contribution >= 0.6 is 11.8 Å². The van der Waals surface area contributed by atoms with Gasteiger partial charge in [-0.1, -0.05) is 29.5 Å². The molecule has 9 nitrogen and oxygen atoms in total. The van der Waals surface area contributed by atoms with Crippen molar-refractivity contribution >= 4 is 23.4 Å². The molecule has 10 heteroatoms. The number of carbonyl (C=O) groups excluding carboxylic acids is 1. The maximum absolute atomic E-state index is 13.5. The summed E-state index contributed by atoms with van der Waals surface area (Å²) in [6.07, 6.45) is 0.972. The van der Waals surface area contributed by atoms with E-state index in [1.54, 1.807) is 4.68 Å². The minimum atomic E-state index is 0.0855. The summed E-state index contributed by atoms with van der Waals surface area (Å²) in [7, 11) is 2.15. The van der Waals surface area contributed by atoms with Crippen LogP contribution in [0.5, 0.6) is 11.5 Å². The van der Waals surface area contributed by atoms with Crippen LogP contribution in [0.25, 0.3) is 5.69 Å². The summed E-state index contributed by atoms with van der Waals surface area (Å²) < 4.78 is 12.5. The molecule has 33 heavy (non-hydrogen) atoms. The zero-order valence-corrected chi connectivity index (χ0v) is 19.3. The Labute approximate surface area is 195 Å². The van der Waals surface area contributed by atoms with Crippen molar-refractivity contribution in [2.75, 3.05) is 37.6 Å². The average Bonchev–Trinajstić information content (AvgIpc) is 3.54. The molecule has 0 spiro atoms. The minimum absolute atomic E-state index is 0.0855. The number of rotatable bonds is 4. The van der Waals surface area contributed by atoms with Crippen molar-refractivity contribution in [2.45, 2.75) is 30.5 Å². The van der Waals surface area contributed by atoms with Crippen molar-refractivity contribution in [1.82, 2.24) is 25.1 Å². The molecular weight excluding hydrogens is 440 g/mol. The van der Waals surface area contributed by atoms with Crippen LogP contribution in [0.4, 0.5) is 5.69 Å². The second-order valence-electron chi connectivity index (χ2n) is 8.75. The fraction of sp³-hybridized carbons (Fsp3) is 0.391. The number of likely N-dealkylation sites (N-methyl/N-ethyl adjacent to an activating group) is 1. The number of carbonyl (C=O) groups is 1. The van der Waals surface area contributed by atoms with E-state index in [1.807, 2.05) is 23.1 Å². The molecule has 0 unspecified atom stereocenters. The van der Waals surface area contributed by atoms with Gasteiger partial charge in [-0.15, -0.1) is 5.10 Å². The van der Waals surface area contributed by atoms with Crippen LogP contribution in [0.1, 0.15) is 23.5 Å². The summed E-state index contributed by atoms with van der Waals surface area (Å²) in [5.74, 6) is 2.06. The molecule has 3 aliphatic rings. The van der Waals surface area contributed by atoms with Gasteiger partial charge < -0.3 is 19.3 Å². The Hall–Kier alpha value is -3.11. The van der Waals surface area contributed by atoms with Crippen LogP contribution in [-0.4, -0.2) is 69.7 Å². The van der Waals surface area contributed by atoms with Crippen molar-refractivity contribution in [3.05, 3.63) is 47.5 Å². The minimum Gasteiger partial charge on any atom is -0.454 e. The van der Waals surface area contributed by atoms with Crippen LogP contribution < -0.4 is 14.4 Å². The number of thioether (sulfide) groups is 1. The molecule has 4 heterocycles. The monoisotopic (exact) mass is 464 g/mol. The van der Waals surface area contributed by atoms with Gasteiger partial charge in [-0.3, -0.25) is 4.79 Å². The number of aryl methyl sites for hydroxylation is 1. The van der Waals surface area contributed by atoms with Crippen LogP contribution in [0.3, 0.4) is 0 Å². The second kappa shape index (κ2) is 8.03. The van der Waals surface area contributed by atoms with E-state index in [2.05, 4.69) is 52.6 Å². The highest BCUT2D eigenvalue weighted by Crippen LogP contribution is 2.45. The number of likely N-dealkylation sites (tertiary alicyclic amines) is 1. The molecule has 6 rings (SSSR count). The number of nitrogens with zero attached hydrogens (tertiary/aromatic N) is 6. The first-order valence-electron chi connectivity index (χ1n) is 11.0. The number of hydrogen-bond acceptors (Lipinski definition) is 8. The third-order valence-corrected chi connectivity index (χ3v) is 7.49. The Morgan fingerprint density at radius 1 is 1.18 bits per heavy atom. The SMILES string of the molecule is Cc1ccc2c(c1)[C@@H]1CN(C)CC[C@H]1N2C(=O)CSc1nnnn1-c1ccc2c(c1)OCO2. The third-order valence-electron chi connectivity index (χ3n) is 6.59. The molecule has 3 aromatic rings. The highest BCUT2D eigenvalue weighted by Gasteiger charge is 2.43.